The molecule has 0 bridgehead atoms. The molecule has 28 heavy (non-hydrogen) atoms. The van der Waals surface area contributed by atoms with Gasteiger partial charge in [0.15, 0.2) is 22.1 Å². The van der Waals surface area contributed by atoms with Gasteiger partial charge < -0.3 is 9.64 Å². The normalized spacial score (nSPS) is 18.5. The van der Waals surface area contributed by atoms with Gasteiger partial charge in [0.25, 0.3) is 5.91 Å². The summed E-state index contributed by atoms with van der Waals surface area (Å²) in [6.07, 6.45) is 2.25. The predicted molar refractivity (Wildman–Crippen MR) is 107 cm³/mol. The number of nitrogens with zero attached hydrogens (tertiary/aromatic N) is 4. The summed E-state index contributed by atoms with van der Waals surface area (Å²) in [4.78, 5) is 19.0. The lowest BCUT2D eigenvalue weighted by atomic mass is 10.2. The predicted octanol–water partition coefficient (Wildman–Crippen LogP) is 1.78. The van der Waals surface area contributed by atoms with Crippen molar-refractivity contribution in [2.45, 2.75) is 46.1 Å². The second kappa shape index (κ2) is 8.06. The van der Waals surface area contributed by atoms with E-state index in [9.17, 15) is 13.2 Å². The summed E-state index contributed by atoms with van der Waals surface area (Å²) in [5, 5.41) is 5.17. The number of rotatable bonds is 7. The van der Waals surface area contributed by atoms with Gasteiger partial charge in [-0.05, 0) is 38.3 Å². The molecular formula is C19H28N4O4S. The Morgan fingerprint density at radius 2 is 2.14 bits per heavy atom. The summed E-state index contributed by atoms with van der Waals surface area (Å²) in [5.74, 6) is 0.360. The van der Waals surface area contributed by atoms with Gasteiger partial charge in [-0.2, -0.15) is 0 Å². The molecule has 1 unspecified atom stereocenters. The minimum absolute atomic E-state index is 0.0390. The first kappa shape index (κ1) is 20.6. The summed E-state index contributed by atoms with van der Waals surface area (Å²) in [6, 6.07) is 1.69. The number of carbonyl (C=O) groups is 1. The average molecular weight is 409 g/mol. The lowest BCUT2D eigenvalue weighted by Gasteiger charge is -2.28. The van der Waals surface area contributed by atoms with Crippen LogP contribution in [0, 0.1) is 13.8 Å². The van der Waals surface area contributed by atoms with E-state index in [0.717, 1.165) is 29.5 Å². The van der Waals surface area contributed by atoms with Crippen LogP contribution in [0.3, 0.4) is 0 Å². The zero-order chi connectivity index (χ0) is 20.5. The van der Waals surface area contributed by atoms with Crippen molar-refractivity contribution in [3.05, 3.63) is 17.3 Å². The van der Waals surface area contributed by atoms with E-state index in [2.05, 4.69) is 10.1 Å². The lowest BCUT2D eigenvalue weighted by molar-refractivity contribution is -0.135. The van der Waals surface area contributed by atoms with Gasteiger partial charge in [0.05, 0.1) is 16.9 Å². The number of sulfone groups is 1. The first-order valence-electron chi connectivity index (χ1n) is 9.65. The Balaban J connectivity index is 1.77. The summed E-state index contributed by atoms with van der Waals surface area (Å²) in [6.45, 7) is 6.30. The zero-order valence-electron chi connectivity index (χ0n) is 16.9. The maximum absolute atomic E-state index is 12.9. The molecule has 2 aromatic rings. The van der Waals surface area contributed by atoms with E-state index in [-0.39, 0.29) is 30.1 Å². The number of pyridine rings is 1. The van der Waals surface area contributed by atoms with E-state index in [1.807, 2.05) is 26.8 Å². The third-order valence-electron chi connectivity index (χ3n) is 5.14. The molecule has 8 nitrogen and oxygen atoms in total. The number of ether oxygens (including phenoxy) is 1. The molecule has 0 aliphatic carbocycles. The van der Waals surface area contributed by atoms with Crippen molar-refractivity contribution >= 4 is 26.8 Å². The van der Waals surface area contributed by atoms with Crippen LogP contribution in [0.5, 0.6) is 5.88 Å². The molecule has 3 rings (SSSR count). The molecule has 1 aliphatic rings. The molecule has 0 saturated carbocycles. The first-order valence-corrected chi connectivity index (χ1v) is 11.5. The minimum Gasteiger partial charge on any atom is -0.466 e. The molecule has 1 saturated heterocycles. The van der Waals surface area contributed by atoms with Gasteiger partial charge in [0.1, 0.15) is 0 Å². The van der Waals surface area contributed by atoms with E-state index < -0.39 is 9.84 Å². The largest absolute Gasteiger partial charge is 0.466 e. The maximum Gasteiger partial charge on any atom is 0.260 e. The van der Waals surface area contributed by atoms with Crippen molar-refractivity contribution in [1.82, 2.24) is 19.7 Å². The Bertz CT molecular complexity index is 983. The van der Waals surface area contributed by atoms with Gasteiger partial charge in [-0.25, -0.2) is 18.1 Å². The lowest BCUT2D eigenvalue weighted by Crippen LogP contribution is -2.44. The third-order valence-corrected chi connectivity index (χ3v) is 6.89. The molecule has 0 radical (unpaired) electrons. The van der Waals surface area contributed by atoms with Crippen LogP contribution < -0.4 is 4.74 Å². The first-order chi connectivity index (χ1) is 13.2. The smallest absolute Gasteiger partial charge is 0.260 e. The molecule has 0 aromatic carbocycles. The fourth-order valence-electron chi connectivity index (χ4n) is 3.72. The van der Waals surface area contributed by atoms with Gasteiger partial charge in [0.2, 0.25) is 5.88 Å². The monoisotopic (exact) mass is 408 g/mol. The van der Waals surface area contributed by atoms with Crippen LogP contribution in [0.2, 0.25) is 0 Å². The van der Waals surface area contributed by atoms with Gasteiger partial charge in [-0.3, -0.25) is 4.79 Å². The van der Waals surface area contributed by atoms with Crippen molar-refractivity contribution in [2.24, 2.45) is 7.05 Å². The maximum atomic E-state index is 12.9. The molecule has 1 fully saturated rings. The number of unbranched alkanes of at least 4 members (excludes halogenated alkanes) is 1. The number of carbonyl (C=O) groups excluding carboxylic acids is 1. The molecule has 154 valence electrons. The van der Waals surface area contributed by atoms with Crippen LogP contribution in [0.4, 0.5) is 0 Å². The summed E-state index contributed by atoms with van der Waals surface area (Å²) >= 11 is 0. The number of aromatic nitrogens is 3. The molecule has 1 amide bonds. The highest BCUT2D eigenvalue weighted by molar-refractivity contribution is 7.91. The fourth-order valence-corrected chi connectivity index (χ4v) is 5.45. The number of hydrogen-bond acceptors (Lipinski definition) is 6. The highest BCUT2D eigenvalue weighted by atomic mass is 32.2. The number of fused-ring (bicyclic) bond motifs is 1. The van der Waals surface area contributed by atoms with Gasteiger partial charge >= 0.3 is 0 Å². The molecule has 0 N–H and O–H groups in total. The van der Waals surface area contributed by atoms with Gasteiger partial charge in [-0.15, -0.1) is 5.10 Å². The third kappa shape index (κ3) is 4.29. The van der Waals surface area contributed by atoms with Gasteiger partial charge in [-0.1, -0.05) is 13.3 Å². The van der Waals surface area contributed by atoms with E-state index in [1.54, 1.807) is 16.6 Å². The second-order valence-electron chi connectivity index (χ2n) is 7.49. The van der Waals surface area contributed by atoms with E-state index in [1.165, 1.54) is 0 Å². The van der Waals surface area contributed by atoms with Crippen LogP contribution >= 0.6 is 0 Å². The van der Waals surface area contributed by atoms with Crippen LogP contribution in [0.1, 0.15) is 37.4 Å². The molecule has 1 aliphatic heterocycles. The van der Waals surface area contributed by atoms with Crippen molar-refractivity contribution in [2.75, 3.05) is 24.7 Å². The highest BCUT2D eigenvalue weighted by Gasteiger charge is 2.34. The Hall–Kier alpha value is -2.16. The number of hydrogen-bond donors (Lipinski definition) is 0. The molecular weight excluding hydrogens is 380 g/mol. The van der Waals surface area contributed by atoms with Crippen LogP contribution in [-0.2, 0) is 21.7 Å². The minimum atomic E-state index is -3.06. The topological polar surface area (TPSA) is 94.4 Å². The standard InChI is InChI=1S/C19H28N4O4S/c1-5-6-8-23(15-7-9-28(25,26)12-15)16(24)11-27-19-17-13(2)10-14(3)20-18(17)22(4)21-19/h10,15H,5-9,11-12H2,1-4H3. The fraction of sp³-hybridized carbons (Fsp3) is 0.632. The van der Waals surface area contributed by atoms with Crippen molar-refractivity contribution in [3.8, 4) is 5.88 Å². The molecule has 0 spiro atoms. The summed E-state index contributed by atoms with van der Waals surface area (Å²) < 4.78 is 31.1. The van der Waals surface area contributed by atoms with Crippen LogP contribution in [-0.4, -0.2) is 64.7 Å². The van der Waals surface area contributed by atoms with Crippen molar-refractivity contribution < 1.29 is 17.9 Å². The average Bonchev–Trinajstić information content (AvgIpc) is 3.13. The van der Waals surface area contributed by atoms with Crippen LogP contribution in [0.25, 0.3) is 11.0 Å². The molecule has 2 aromatic heterocycles. The zero-order valence-corrected chi connectivity index (χ0v) is 17.8. The van der Waals surface area contributed by atoms with E-state index >= 15 is 0 Å². The Labute approximate surface area is 165 Å². The van der Waals surface area contributed by atoms with E-state index in [0.29, 0.717) is 24.5 Å². The Kier molecular flexibility index (Phi) is 5.92. The number of amides is 1. The highest BCUT2D eigenvalue weighted by Crippen LogP contribution is 2.27. The quantitative estimate of drug-likeness (QED) is 0.693. The van der Waals surface area contributed by atoms with Crippen LogP contribution in [0.15, 0.2) is 6.07 Å². The van der Waals surface area contributed by atoms with Crippen molar-refractivity contribution in [1.29, 1.82) is 0 Å². The second-order valence-corrected chi connectivity index (χ2v) is 9.72. The summed E-state index contributed by atoms with van der Waals surface area (Å²) in [7, 11) is -1.27. The summed E-state index contributed by atoms with van der Waals surface area (Å²) in [5.41, 5.74) is 2.59. The molecule has 3 heterocycles. The van der Waals surface area contributed by atoms with E-state index in [4.69, 9.17) is 4.74 Å². The Morgan fingerprint density at radius 3 is 2.79 bits per heavy atom. The number of aryl methyl sites for hydroxylation is 3. The molecule has 9 heteroatoms. The molecule has 1 atom stereocenters. The Morgan fingerprint density at radius 1 is 1.39 bits per heavy atom. The van der Waals surface area contributed by atoms with Gasteiger partial charge in [0, 0.05) is 25.3 Å². The SMILES string of the molecule is CCCCN(C(=O)COc1nn(C)c2nc(C)cc(C)c12)C1CCS(=O)(=O)C1. The van der Waals surface area contributed by atoms with Crippen molar-refractivity contribution in [3.63, 3.8) is 0 Å².